The molecule has 0 unspecified atom stereocenters. The lowest BCUT2D eigenvalue weighted by Gasteiger charge is -2.14. The lowest BCUT2D eigenvalue weighted by atomic mass is 10.2. The minimum atomic E-state index is -0.474. The van der Waals surface area contributed by atoms with Gasteiger partial charge in [-0.05, 0) is 57.2 Å². The number of amides is 2. The van der Waals surface area contributed by atoms with E-state index in [0.717, 1.165) is 0 Å². The predicted octanol–water partition coefficient (Wildman–Crippen LogP) is 4.91. The number of hydrogen-bond acceptors (Lipinski definition) is 7. The molecule has 2 N–H and O–H groups in total. The average molecular weight is 550 g/mol. The summed E-state index contributed by atoms with van der Waals surface area (Å²) in [6.07, 6.45) is -0.241. The van der Waals surface area contributed by atoms with E-state index in [9.17, 15) is 14.4 Å². The van der Waals surface area contributed by atoms with E-state index in [1.165, 1.54) is 17.8 Å². The Hall–Kier alpha value is -3.08. The summed E-state index contributed by atoms with van der Waals surface area (Å²) in [6.45, 7) is 5.30. The van der Waals surface area contributed by atoms with Crippen LogP contribution in [0, 0.1) is 0 Å². The van der Waals surface area contributed by atoms with Crippen LogP contribution in [0.15, 0.2) is 47.6 Å². The number of esters is 1. The van der Waals surface area contributed by atoms with E-state index in [-0.39, 0.29) is 28.7 Å². The van der Waals surface area contributed by atoms with Crippen LogP contribution in [-0.2, 0) is 16.6 Å². The van der Waals surface area contributed by atoms with Gasteiger partial charge in [-0.15, -0.1) is 10.2 Å². The van der Waals surface area contributed by atoms with E-state index in [4.69, 9.17) is 27.9 Å². The Balaban J connectivity index is 1.57. The van der Waals surface area contributed by atoms with Gasteiger partial charge in [0, 0.05) is 17.8 Å². The molecule has 12 heteroatoms. The molecule has 0 saturated heterocycles. The average Bonchev–Trinajstić information content (AvgIpc) is 3.17. The van der Waals surface area contributed by atoms with Crippen LogP contribution >= 0.6 is 35.0 Å². The van der Waals surface area contributed by atoms with Gasteiger partial charge in [0.2, 0.25) is 5.91 Å². The zero-order valence-corrected chi connectivity index (χ0v) is 22.4. The van der Waals surface area contributed by atoms with Gasteiger partial charge >= 0.3 is 5.97 Å². The van der Waals surface area contributed by atoms with Crippen LogP contribution in [-0.4, -0.2) is 44.4 Å². The van der Waals surface area contributed by atoms with Crippen molar-refractivity contribution in [2.45, 2.75) is 38.1 Å². The molecule has 36 heavy (non-hydrogen) atoms. The number of anilines is 1. The Kier molecular flexibility index (Phi) is 9.36. The van der Waals surface area contributed by atoms with E-state index in [0.29, 0.717) is 32.8 Å². The predicted molar refractivity (Wildman–Crippen MR) is 140 cm³/mol. The molecule has 0 fully saturated rings. The Morgan fingerprint density at radius 1 is 1.08 bits per heavy atom. The van der Waals surface area contributed by atoms with Crippen molar-refractivity contribution in [1.29, 1.82) is 0 Å². The van der Waals surface area contributed by atoms with Crippen molar-refractivity contribution in [2.75, 3.05) is 11.1 Å². The van der Waals surface area contributed by atoms with Gasteiger partial charge in [-0.2, -0.15) is 0 Å². The smallest absolute Gasteiger partial charge is 0.338 e. The summed E-state index contributed by atoms with van der Waals surface area (Å²) in [7, 11) is 1.75. The van der Waals surface area contributed by atoms with Crippen LogP contribution in [0.2, 0.25) is 10.0 Å². The van der Waals surface area contributed by atoms with Crippen molar-refractivity contribution in [3.63, 3.8) is 0 Å². The van der Waals surface area contributed by atoms with E-state index >= 15 is 0 Å². The highest BCUT2D eigenvalue weighted by Crippen LogP contribution is 2.23. The molecule has 2 aromatic carbocycles. The SMILES string of the molecule is CC(C)OC(=O)c1cccc(NC(=O)CSc2nnc([C@H](C)NC(=O)c3ccc(Cl)cc3Cl)n2C)c1. The molecule has 1 atom stereocenters. The maximum Gasteiger partial charge on any atom is 0.338 e. The van der Waals surface area contributed by atoms with Crippen molar-refractivity contribution in [2.24, 2.45) is 7.05 Å². The minimum Gasteiger partial charge on any atom is -0.459 e. The topological polar surface area (TPSA) is 115 Å². The third kappa shape index (κ3) is 7.22. The minimum absolute atomic E-state index is 0.0633. The fourth-order valence-corrected chi connectivity index (χ4v) is 4.39. The highest BCUT2D eigenvalue weighted by atomic mass is 35.5. The Morgan fingerprint density at radius 3 is 2.53 bits per heavy atom. The summed E-state index contributed by atoms with van der Waals surface area (Å²) in [4.78, 5) is 37.2. The molecule has 3 rings (SSSR count). The van der Waals surface area contributed by atoms with Crippen molar-refractivity contribution < 1.29 is 19.1 Å². The fraction of sp³-hybridized carbons (Fsp3) is 0.292. The summed E-state index contributed by atoms with van der Waals surface area (Å²) in [5, 5.41) is 15.1. The van der Waals surface area contributed by atoms with Crippen molar-refractivity contribution >= 4 is 58.4 Å². The number of carbonyl (C=O) groups is 3. The maximum atomic E-state index is 12.6. The molecule has 1 heterocycles. The van der Waals surface area contributed by atoms with E-state index < -0.39 is 12.0 Å². The first kappa shape index (κ1) is 27.5. The molecule has 1 aromatic heterocycles. The summed E-state index contributed by atoms with van der Waals surface area (Å²) in [5.74, 6) is -0.541. The second kappa shape index (κ2) is 12.2. The van der Waals surface area contributed by atoms with Gasteiger partial charge in [-0.1, -0.05) is 41.0 Å². The summed E-state index contributed by atoms with van der Waals surface area (Å²) in [5.41, 5.74) is 1.13. The molecular formula is C24H25Cl2N5O4S. The lowest BCUT2D eigenvalue weighted by Crippen LogP contribution is -2.28. The fourth-order valence-electron chi connectivity index (χ4n) is 3.17. The molecule has 2 amide bonds. The third-order valence-corrected chi connectivity index (χ3v) is 6.40. The molecular weight excluding hydrogens is 525 g/mol. The zero-order chi connectivity index (χ0) is 26.4. The van der Waals surface area contributed by atoms with Gasteiger partial charge in [0.1, 0.15) is 0 Å². The number of nitrogens with one attached hydrogen (secondary N) is 2. The molecule has 0 bridgehead atoms. The van der Waals surface area contributed by atoms with Gasteiger partial charge in [0.25, 0.3) is 5.91 Å². The normalized spacial score (nSPS) is 11.8. The molecule has 190 valence electrons. The largest absolute Gasteiger partial charge is 0.459 e. The number of carbonyl (C=O) groups excluding carboxylic acids is 3. The van der Waals surface area contributed by atoms with Crippen LogP contribution in [0.25, 0.3) is 0 Å². The summed E-state index contributed by atoms with van der Waals surface area (Å²) < 4.78 is 6.89. The van der Waals surface area contributed by atoms with Crippen molar-refractivity contribution in [3.05, 3.63) is 69.5 Å². The van der Waals surface area contributed by atoms with E-state index in [1.807, 2.05) is 0 Å². The van der Waals surface area contributed by atoms with Gasteiger partial charge in [0.05, 0.1) is 34.0 Å². The van der Waals surface area contributed by atoms with Gasteiger partial charge in [-0.3, -0.25) is 9.59 Å². The van der Waals surface area contributed by atoms with Crippen LogP contribution < -0.4 is 10.6 Å². The first-order chi connectivity index (χ1) is 17.0. The first-order valence-corrected chi connectivity index (χ1v) is 12.7. The van der Waals surface area contributed by atoms with Crippen LogP contribution in [0.1, 0.15) is 53.4 Å². The van der Waals surface area contributed by atoms with E-state index in [1.54, 1.807) is 68.8 Å². The van der Waals surface area contributed by atoms with Gasteiger partial charge in [0.15, 0.2) is 11.0 Å². The highest BCUT2D eigenvalue weighted by molar-refractivity contribution is 7.99. The monoisotopic (exact) mass is 549 g/mol. The molecule has 0 aliphatic carbocycles. The number of nitrogens with zero attached hydrogens (tertiary/aromatic N) is 3. The summed E-state index contributed by atoms with van der Waals surface area (Å²) >= 11 is 13.2. The van der Waals surface area contributed by atoms with Crippen molar-refractivity contribution in [3.8, 4) is 0 Å². The Bertz CT molecular complexity index is 1280. The lowest BCUT2D eigenvalue weighted by molar-refractivity contribution is -0.113. The van der Waals surface area contributed by atoms with Crippen molar-refractivity contribution in [1.82, 2.24) is 20.1 Å². The molecule has 0 saturated carbocycles. The molecule has 0 spiro atoms. The first-order valence-electron chi connectivity index (χ1n) is 10.9. The van der Waals surface area contributed by atoms with Gasteiger partial charge < -0.3 is 19.9 Å². The zero-order valence-electron chi connectivity index (χ0n) is 20.0. The Morgan fingerprint density at radius 2 is 1.83 bits per heavy atom. The number of ether oxygens (including phenoxy) is 1. The van der Waals surface area contributed by atoms with Crippen LogP contribution in [0.5, 0.6) is 0 Å². The molecule has 9 nitrogen and oxygen atoms in total. The number of benzene rings is 2. The molecule has 0 aliphatic heterocycles. The number of halogens is 2. The van der Waals surface area contributed by atoms with E-state index in [2.05, 4.69) is 20.8 Å². The third-order valence-electron chi connectivity index (χ3n) is 4.84. The maximum absolute atomic E-state index is 12.6. The second-order valence-corrected chi connectivity index (χ2v) is 9.88. The second-order valence-electron chi connectivity index (χ2n) is 8.09. The standard InChI is InChI=1S/C24H25Cl2N5O4S/c1-13(2)35-23(34)15-6-5-7-17(10-15)28-20(32)12-36-24-30-29-21(31(24)4)14(3)27-22(33)18-9-8-16(25)11-19(18)26/h5-11,13-14H,12H2,1-4H3,(H,27,33)(H,28,32)/t14-/m0/s1. The van der Waals surface area contributed by atoms with Crippen LogP contribution in [0.3, 0.4) is 0 Å². The molecule has 0 aliphatic rings. The number of hydrogen-bond donors (Lipinski definition) is 2. The molecule has 0 radical (unpaired) electrons. The number of thioether (sulfide) groups is 1. The molecule has 3 aromatic rings. The quantitative estimate of drug-likeness (QED) is 0.287. The van der Waals surface area contributed by atoms with Gasteiger partial charge in [-0.25, -0.2) is 4.79 Å². The highest BCUT2D eigenvalue weighted by Gasteiger charge is 2.20. The Labute approximate surface area is 222 Å². The van der Waals surface area contributed by atoms with Crippen LogP contribution in [0.4, 0.5) is 5.69 Å². The number of rotatable bonds is 9. The number of aromatic nitrogens is 3. The summed E-state index contributed by atoms with van der Waals surface area (Å²) in [6, 6.07) is 10.7.